The Morgan fingerprint density at radius 2 is 0.726 bits per heavy atom. The van der Waals surface area contributed by atoms with E-state index >= 15 is 0 Å². The Balaban J connectivity index is 4.23. The van der Waals surface area contributed by atoms with E-state index < -0.39 is 6.10 Å². The summed E-state index contributed by atoms with van der Waals surface area (Å²) in [5.41, 5.74) is 0. The van der Waals surface area contributed by atoms with Crippen molar-refractivity contribution in [2.45, 2.75) is 284 Å². The molecule has 0 aromatic heterocycles. The van der Waals surface area contributed by atoms with E-state index in [1.807, 2.05) is 0 Å². The van der Waals surface area contributed by atoms with Gasteiger partial charge in [-0.1, -0.05) is 256 Å². The van der Waals surface area contributed by atoms with Crippen LogP contribution in [0.1, 0.15) is 278 Å². The molecule has 0 spiro atoms. The fraction of sp³-hybridized carbons (Fsp3) is 0.825. The molecule has 0 aliphatic carbocycles. The topological polar surface area (TPSA) is 61.8 Å². The quantitative estimate of drug-likeness (QED) is 0.0346. The highest BCUT2D eigenvalue weighted by atomic mass is 16.6. The molecule has 0 aromatic rings. The molecular weight excluding hydrogens is 765 g/mol. The molecule has 0 saturated carbocycles. The van der Waals surface area contributed by atoms with Gasteiger partial charge < -0.3 is 14.2 Å². The van der Waals surface area contributed by atoms with Crippen LogP contribution >= 0.6 is 0 Å². The van der Waals surface area contributed by atoms with E-state index in [-0.39, 0.29) is 25.2 Å². The van der Waals surface area contributed by atoms with Gasteiger partial charge in [0.2, 0.25) is 0 Å². The molecule has 0 bridgehead atoms. The number of carbonyl (C=O) groups excluding carboxylic acids is 2. The largest absolute Gasteiger partial charge is 0.462 e. The first-order valence-corrected chi connectivity index (χ1v) is 27.2. The van der Waals surface area contributed by atoms with E-state index in [1.165, 1.54) is 173 Å². The van der Waals surface area contributed by atoms with Gasteiger partial charge in [-0.05, 0) is 57.8 Å². The molecule has 0 N–H and O–H groups in total. The summed E-state index contributed by atoms with van der Waals surface area (Å²) in [6, 6.07) is 0. The second-order valence-electron chi connectivity index (χ2n) is 18.1. The van der Waals surface area contributed by atoms with Crippen molar-refractivity contribution in [3.05, 3.63) is 48.6 Å². The molecule has 362 valence electrons. The molecule has 62 heavy (non-hydrogen) atoms. The van der Waals surface area contributed by atoms with Crippen molar-refractivity contribution in [3.8, 4) is 0 Å². The van der Waals surface area contributed by atoms with Crippen LogP contribution in [0.5, 0.6) is 0 Å². The maximum atomic E-state index is 12.8. The Bertz CT molecular complexity index is 1030. The lowest BCUT2D eigenvalue weighted by molar-refractivity contribution is -0.163. The minimum atomic E-state index is -0.537. The highest BCUT2D eigenvalue weighted by molar-refractivity contribution is 5.70. The number of esters is 2. The number of unbranched alkanes of at least 4 members (excludes halogenated alkanes) is 31. The third-order valence-electron chi connectivity index (χ3n) is 11.9. The lowest BCUT2D eigenvalue weighted by Crippen LogP contribution is -2.30. The second kappa shape index (κ2) is 53.2. The maximum Gasteiger partial charge on any atom is 0.306 e. The standard InChI is InChI=1S/C57H104O5/c1-4-7-10-13-16-19-22-25-27-28-29-30-32-33-35-38-41-44-47-50-56(58)61-54-55(53-60-52-49-46-43-40-37-24-21-18-15-12-9-6-3)62-57(59)51-48-45-42-39-36-34-31-26-23-20-17-14-11-8-5-2/h7,10,16,19,25,27,29-30,55H,4-6,8-9,11-15,17-18,20-24,26,28,31-54H2,1-3H3/b10-7-,19-16-,27-25-,30-29-. The van der Waals surface area contributed by atoms with Gasteiger partial charge in [-0.3, -0.25) is 9.59 Å². The molecule has 1 atom stereocenters. The van der Waals surface area contributed by atoms with Crippen molar-refractivity contribution < 1.29 is 23.8 Å². The van der Waals surface area contributed by atoms with Crippen LogP contribution in [0.2, 0.25) is 0 Å². The number of hydrogen-bond donors (Lipinski definition) is 0. The van der Waals surface area contributed by atoms with Crippen LogP contribution in [0.15, 0.2) is 48.6 Å². The van der Waals surface area contributed by atoms with Gasteiger partial charge >= 0.3 is 11.9 Å². The molecule has 5 heteroatoms. The van der Waals surface area contributed by atoms with E-state index in [0.29, 0.717) is 19.4 Å². The summed E-state index contributed by atoms with van der Waals surface area (Å²) in [4.78, 5) is 25.4. The van der Waals surface area contributed by atoms with Gasteiger partial charge in [0.15, 0.2) is 6.10 Å². The van der Waals surface area contributed by atoms with E-state index in [2.05, 4.69) is 69.4 Å². The highest BCUT2D eigenvalue weighted by Crippen LogP contribution is 2.16. The van der Waals surface area contributed by atoms with Gasteiger partial charge in [0, 0.05) is 19.4 Å². The van der Waals surface area contributed by atoms with Gasteiger partial charge in [0.1, 0.15) is 6.61 Å². The van der Waals surface area contributed by atoms with Crippen molar-refractivity contribution >= 4 is 11.9 Å². The molecule has 0 fully saturated rings. The zero-order valence-corrected chi connectivity index (χ0v) is 41.6. The Kier molecular flexibility index (Phi) is 51.4. The molecule has 0 amide bonds. The fourth-order valence-corrected chi connectivity index (χ4v) is 7.86. The Hall–Kier alpha value is -2.14. The summed E-state index contributed by atoms with van der Waals surface area (Å²) >= 11 is 0. The molecule has 0 rings (SSSR count). The van der Waals surface area contributed by atoms with Gasteiger partial charge in [-0.15, -0.1) is 0 Å². The lowest BCUT2D eigenvalue weighted by Gasteiger charge is -2.18. The monoisotopic (exact) mass is 869 g/mol. The van der Waals surface area contributed by atoms with Crippen LogP contribution in [0.25, 0.3) is 0 Å². The van der Waals surface area contributed by atoms with Crippen LogP contribution < -0.4 is 0 Å². The van der Waals surface area contributed by atoms with Crippen LogP contribution in [0, 0.1) is 0 Å². The minimum Gasteiger partial charge on any atom is -0.462 e. The van der Waals surface area contributed by atoms with E-state index in [4.69, 9.17) is 14.2 Å². The van der Waals surface area contributed by atoms with Crippen molar-refractivity contribution in [1.82, 2.24) is 0 Å². The molecule has 1 unspecified atom stereocenters. The number of allylic oxidation sites excluding steroid dienone is 8. The third-order valence-corrected chi connectivity index (χ3v) is 11.9. The highest BCUT2D eigenvalue weighted by Gasteiger charge is 2.17. The Labute approximate surface area is 386 Å². The summed E-state index contributed by atoms with van der Waals surface area (Å²) in [6.07, 6.45) is 65.5. The zero-order chi connectivity index (χ0) is 44.9. The van der Waals surface area contributed by atoms with Crippen LogP contribution in [-0.4, -0.2) is 37.9 Å². The predicted molar refractivity (Wildman–Crippen MR) is 270 cm³/mol. The molecule has 0 radical (unpaired) electrons. The maximum absolute atomic E-state index is 12.8. The summed E-state index contributed by atoms with van der Waals surface area (Å²) in [5, 5.41) is 0. The fourth-order valence-electron chi connectivity index (χ4n) is 7.86. The van der Waals surface area contributed by atoms with E-state index in [1.54, 1.807) is 0 Å². The van der Waals surface area contributed by atoms with E-state index in [0.717, 1.165) is 70.6 Å². The van der Waals surface area contributed by atoms with Crippen molar-refractivity contribution in [2.24, 2.45) is 0 Å². The van der Waals surface area contributed by atoms with Crippen molar-refractivity contribution in [2.75, 3.05) is 19.8 Å². The van der Waals surface area contributed by atoms with Gasteiger partial charge in [-0.2, -0.15) is 0 Å². The molecule has 0 aliphatic rings. The van der Waals surface area contributed by atoms with Crippen LogP contribution in [-0.2, 0) is 23.8 Å². The molecule has 0 aliphatic heterocycles. The second-order valence-corrected chi connectivity index (χ2v) is 18.1. The average Bonchev–Trinajstić information content (AvgIpc) is 3.27. The van der Waals surface area contributed by atoms with Gasteiger partial charge in [0.25, 0.3) is 0 Å². The average molecular weight is 869 g/mol. The molecule has 0 aromatic carbocycles. The van der Waals surface area contributed by atoms with E-state index in [9.17, 15) is 9.59 Å². The van der Waals surface area contributed by atoms with Gasteiger partial charge in [-0.25, -0.2) is 0 Å². The number of rotatable bonds is 50. The Morgan fingerprint density at radius 3 is 1.16 bits per heavy atom. The van der Waals surface area contributed by atoms with Crippen LogP contribution in [0.4, 0.5) is 0 Å². The summed E-state index contributed by atoms with van der Waals surface area (Å²) in [7, 11) is 0. The molecule has 0 saturated heterocycles. The number of ether oxygens (including phenoxy) is 3. The van der Waals surface area contributed by atoms with Crippen LogP contribution in [0.3, 0.4) is 0 Å². The predicted octanol–water partition coefficient (Wildman–Crippen LogP) is 18.3. The number of carbonyl (C=O) groups is 2. The zero-order valence-electron chi connectivity index (χ0n) is 41.6. The minimum absolute atomic E-state index is 0.0825. The normalized spacial score (nSPS) is 12.5. The Morgan fingerprint density at radius 1 is 0.371 bits per heavy atom. The number of hydrogen-bond acceptors (Lipinski definition) is 5. The summed E-state index contributed by atoms with van der Waals surface area (Å²) in [5.74, 6) is -0.398. The van der Waals surface area contributed by atoms with Crippen molar-refractivity contribution in [1.29, 1.82) is 0 Å². The third kappa shape index (κ3) is 50.5. The first kappa shape index (κ1) is 59.9. The lowest BCUT2D eigenvalue weighted by atomic mass is 10.0. The first-order valence-electron chi connectivity index (χ1n) is 27.2. The molecule has 0 heterocycles. The summed E-state index contributed by atoms with van der Waals surface area (Å²) in [6.45, 7) is 7.75. The SMILES string of the molecule is CC/C=C\C/C=C\C/C=C\C/C=C\CCCCCCCCC(=O)OCC(COCCCCCCCCCCCCCC)OC(=O)CCCCCCCCCCCCCCCCC. The summed E-state index contributed by atoms with van der Waals surface area (Å²) < 4.78 is 17.4. The smallest absolute Gasteiger partial charge is 0.306 e. The van der Waals surface area contributed by atoms with Crippen molar-refractivity contribution in [3.63, 3.8) is 0 Å². The van der Waals surface area contributed by atoms with Gasteiger partial charge in [0.05, 0.1) is 6.61 Å². The first-order chi connectivity index (χ1) is 30.6. The molecule has 5 nitrogen and oxygen atoms in total. The molecular formula is C57H104O5.